The lowest BCUT2D eigenvalue weighted by atomic mass is 9.91. The number of sulfone groups is 1. The molecule has 2 aliphatic rings. The van der Waals surface area contributed by atoms with Crippen LogP contribution in [0.2, 0.25) is 0 Å². The molecule has 0 bridgehead atoms. The molecule has 4 atom stereocenters. The Labute approximate surface area is 243 Å². The maximum atomic E-state index is 13.7. The maximum Gasteiger partial charge on any atom is 0.249 e. The van der Waals surface area contributed by atoms with Crippen molar-refractivity contribution >= 4 is 27.3 Å². The number of nitrogens with zero attached hydrogens (tertiary/aromatic N) is 3. The number of aliphatic hydroxyl groups is 1. The quantitative estimate of drug-likeness (QED) is 0.179. The molecule has 1 unspecified atom stereocenters. The summed E-state index contributed by atoms with van der Waals surface area (Å²) in [4.78, 5) is 32.8. The van der Waals surface area contributed by atoms with Crippen LogP contribution in [0.25, 0.3) is 0 Å². The van der Waals surface area contributed by atoms with E-state index in [9.17, 15) is 23.1 Å². The molecule has 2 aromatic rings. The first-order chi connectivity index (χ1) is 19.7. The summed E-state index contributed by atoms with van der Waals surface area (Å²) in [5.74, 6) is -1.38. The van der Waals surface area contributed by atoms with Gasteiger partial charge in [-0.25, -0.2) is 13.4 Å². The standard InChI is InChI=1S/C31H42N4O5S/c1-3-4-5-6-7-8-9-10-14-28(36)27-20-19-26-29(31(38)34(30(26)37)22-24-13-11-12-21-32-24)35(27)33-23-15-17-25(18-16-23)41(2,39)40/h11-13,15-21,26-29,33,36H,3-10,14,22H2,1-2H3/t26-,27-,28-,29?/m1/s1. The van der Waals surface area contributed by atoms with Crippen LogP contribution in [0.5, 0.6) is 0 Å². The SMILES string of the molecule is CCCCCCCCCC[C@@H](O)[C@H]1C=C[C@H]2C(=O)N(Cc3ccccn3)C(=O)C2N1Nc1ccc(S(C)(=O)=O)cc1. The molecular weight excluding hydrogens is 540 g/mol. The number of unbranched alkanes of at least 4 members (excludes halogenated alkanes) is 7. The fourth-order valence-corrected chi connectivity index (χ4v) is 6.21. The highest BCUT2D eigenvalue weighted by molar-refractivity contribution is 7.90. The lowest BCUT2D eigenvalue weighted by Crippen LogP contribution is -2.57. The zero-order valence-electron chi connectivity index (χ0n) is 24.0. The number of hydrogen-bond donors (Lipinski definition) is 2. The van der Waals surface area contributed by atoms with Crippen molar-refractivity contribution in [1.82, 2.24) is 14.9 Å². The zero-order valence-corrected chi connectivity index (χ0v) is 24.8. The Balaban J connectivity index is 1.50. The third-order valence-electron chi connectivity index (χ3n) is 7.88. The molecule has 0 aliphatic carbocycles. The van der Waals surface area contributed by atoms with Gasteiger partial charge >= 0.3 is 0 Å². The van der Waals surface area contributed by atoms with Gasteiger partial charge in [-0.3, -0.25) is 19.5 Å². The molecule has 0 spiro atoms. The Bertz CT molecular complexity index is 1300. The van der Waals surface area contributed by atoms with Gasteiger partial charge in [0.15, 0.2) is 9.84 Å². The molecule has 9 nitrogen and oxygen atoms in total. The average Bonchev–Trinajstić information content (AvgIpc) is 3.20. The molecule has 2 aliphatic heterocycles. The second-order valence-electron chi connectivity index (χ2n) is 11.1. The normalized spacial score (nSPS) is 21.7. The zero-order chi connectivity index (χ0) is 29.4. The van der Waals surface area contributed by atoms with Crippen LogP contribution < -0.4 is 5.43 Å². The van der Waals surface area contributed by atoms with Crippen molar-refractivity contribution in [3.05, 3.63) is 66.5 Å². The summed E-state index contributed by atoms with van der Waals surface area (Å²) in [5, 5.41) is 13.0. The van der Waals surface area contributed by atoms with Gasteiger partial charge in [0, 0.05) is 18.1 Å². The number of anilines is 1. The van der Waals surface area contributed by atoms with Gasteiger partial charge in [0.25, 0.3) is 0 Å². The van der Waals surface area contributed by atoms with Crippen LogP contribution in [0, 0.1) is 5.92 Å². The van der Waals surface area contributed by atoms with E-state index in [0.717, 1.165) is 25.5 Å². The molecule has 1 aromatic carbocycles. The van der Waals surface area contributed by atoms with Gasteiger partial charge in [-0.05, 0) is 42.8 Å². The number of hydrogen-bond acceptors (Lipinski definition) is 8. The molecule has 2 N–H and O–H groups in total. The lowest BCUT2D eigenvalue weighted by molar-refractivity contribution is -0.140. The molecular formula is C31H42N4O5S. The van der Waals surface area contributed by atoms with Crippen LogP contribution in [-0.2, 0) is 26.0 Å². The monoisotopic (exact) mass is 582 g/mol. The van der Waals surface area contributed by atoms with Gasteiger partial charge in [0.05, 0.1) is 35.2 Å². The van der Waals surface area contributed by atoms with Crippen molar-refractivity contribution in [3.63, 3.8) is 0 Å². The molecule has 3 heterocycles. The molecule has 10 heteroatoms. The first-order valence-corrected chi connectivity index (χ1v) is 16.6. The minimum atomic E-state index is -3.37. The largest absolute Gasteiger partial charge is 0.391 e. The van der Waals surface area contributed by atoms with Crippen molar-refractivity contribution in [2.75, 3.05) is 11.7 Å². The topological polar surface area (TPSA) is 120 Å². The van der Waals surface area contributed by atoms with E-state index in [1.807, 2.05) is 12.1 Å². The predicted molar refractivity (Wildman–Crippen MR) is 158 cm³/mol. The van der Waals surface area contributed by atoms with Gasteiger partial charge in [-0.1, -0.05) is 76.5 Å². The number of hydrazine groups is 1. The van der Waals surface area contributed by atoms with Gasteiger partial charge in [-0.15, -0.1) is 0 Å². The number of imide groups is 1. The summed E-state index contributed by atoms with van der Waals surface area (Å²) in [7, 11) is -3.37. The summed E-state index contributed by atoms with van der Waals surface area (Å²) < 4.78 is 23.9. The molecule has 1 aromatic heterocycles. The smallest absolute Gasteiger partial charge is 0.249 e. The van der Waals surface area contributed by atoms with E-state index in [4.69, 9.17) is 0 Å². The van der Waals surface area contributed by atoms with Gasteiger partial charge in [-0.2, -0.15) is 0 Å². The summed E-state index contributed by atoms with van der Waals surface area (Å²) >= 11 is 0. The van der Waals surface area contributed by atoms with Gasteiger partial charge in [0.2, 0.25) is 11.8 Å². The van der Waals surface area contributed by atoms with Crippen LogP contribution >= 0.6 is 0 Å². The Morgan fingerprint density at radius 1 is 0.927 bits per heavy atom. The van der Waals surface area contributed by atoms with Crippen molar-refractivity contribution in [3.8, 4) is 0 Å². The molecule has 222 valence electrons. The third kappa shape index (κ3) is 7.81. The number of nitrogens with one attached hydrogen (secondary N) is 1. The number of pyridine rings is 1. The summed E-state index contributed by atoms with van der Waals surface area (Å²) in [6.45, 7) is 2.28. The second kappa shape index (κ2) is 14.2. The molecule has 0 radical (unpaired) electrons. The van der Waals surface area contributed by atoms with Crippen LogP contribution in [-0.4, -0.2) is 64.7 Å². The number of carbonyl (C=O) groups is 2. The molecule has 1 fully saturated rings. The number of amides is 2. The van der Waals surface area contributed by atoms with Crippen LogP contribution in [0.1, 0.15) is 70.4 Å². The van der Waals surface area contributed by atoms with Crippen molar-refractivity contribution in [1.29, 1.82) is 0 Å². The van der Waals surface area contributed by atoms with E-state index in [0.29, 0.717) is 17.8 Å². The fraction of sp³-hybridized carbons (Fsp3) is 0.516. The third-order valence-corrected chi connectivity index (χ3v) is 9.01. The van der Waals surface area contributed by atoms with Crippen LogP contribution in [0.3, 0.4) is 0 Å². The van der Waals surface area contributed by atoms with E-state index in [-0.39, 0.29) is 23.3 Å². The second-order valence-corrected chi connectivity index (χ2v) is 13.1. The summed E-state index contributed by atoms with van der Waals surface area (Å²) in [6, 6.07) is 10.2. The van der Waals surface area contributed by atoms with E-state index >= 15 is 0 Å². The highest BCUT2D eigenvalue weighted by Crippen LogP contribution is 2.34. The van der Waals surface area contributed by atoms with Crippen molar-refractivity contribution in [2.45, 2.75) is 94.3 Å². The van der Waals surface area contributed by atoms with Crippen LogP contribution in [0.4, 0.5) is 5.69 Å². The van der Waals surface area contributed by atoms with E-state index < -0.39 is 33.9 Å². The van der Waals surface area contributed by atoms with Gasteiger partial charge in [0.1, 0.15) is 6.04 Å². The first-order valence-electron chi connectivity index (χ1n) is 14.7. The maximum absolute atomic E-state index is 13.7. The minimum Gasteiger partial charge on any atom is -0.391 e. The molecule has 0 saturated carbocycles. The van der Waals surface area contributed by atoms with E-state index in [1.165, 1.54) is 49.1 Å². The number of benzene rings is 1. The van der Waals surface area contributed by atoms with Crippen molar-refractivity contribution < 1.29 is 23.1 Å². The van der Waals surface area contributed by atoms with E-state index in [1.54, 1.807) is 41.5 Å². The average molecular weight is 583 g/mol. The predicted octanol–water partition coefficient (Wildman–Crippen LogP) is 4.50. The highest BCUT2D eigenvalue weighted by atomic mass is 32.2. The van der Waals surface area contributed by atoms with Gasteiger partial charge < -0.3 is 10.5 Å². The minimum absolute atomic E-state index is 0.0712. The summed E-state index contributed by atoms with van der Waals surface area (Å²) in [6.07, 6.45) is 15.4. The molecule has 4 rings (SSSR count). The Morgan fingerprint density at radius 2 is 1.61 bits per heavy atom. The van der Waals surface area contributed by atoms with E-state index in [2.05, 4.69) is 17.3 Å². The number of fused-ring (bicyclic) bond motifs is 1. The Kier molecular flexibility index (Phi) is 10.7. The number of carbonyl (C=O) groups excluding carboxylic acids is 2. The molecule has 41 heavy (non-hydrogen) atoms. The Morgan fingerprint density at radius 3 is 2.24 bits per heavy atom. The fourth-order valence-electron chi connectivity index (χ4n) is 5.58. The van der Waals surface area contributed by atoms with Crippen LogP contribution in [0.15, 0.2) is 65.7 Å². The first kappa shape index (κ1) is 30.9. The summed E-state index contributed by atoms with van der Waals surface area (Å²) in [5.41, 5.74) is 4.40. The number of rotatable bonds is 15. The number of aliphatic hydroxyl groups excluding tert-OH is 1. The lowest BCUT2D eigenvalue weighted by Gasteiger charge is -2.40. The molecule has 1 saturated heterocycles. The van der Waals surface area contributed by atoms with Crippen molar-refractivity contribution in [2.24, 2.45) is 5.92 Å². The Hall–Kier alpha value is -3.08. The molecule has 2 amide bonds. The number of likely N-dealkylation sites (tertiary alicyclic amines) is 1. The number of aromatic nitrogens is 1. The highest BCUT2D eigenvalue weighted by Gasteiger charge is 2.53.